The fourth-order valence-corrected chi connectivity index (χ4v) is 2.62. The molecule has 1 amide bonds. The first kappa shape index (κ1) is 15.0. The molecular weight excluding hydrogens is 250 g/mol. The molecule has 2 N–H and O–H groups in total. The number of benzene rings is 1. The Morgan fingerprint density at radius 2 is 1.85 bits per heavy atom. The van der Waals surface area contributed by atoms with E-state index in [1.165, 1.54) is 5.56 Å². The molecule has 0 aliphatic carbocycles. The standard InChI is InChI=1S/C16H25N3O/c17-9-5-10-18-12-13-19(16(20)14-18)11-4-8-15-6-2-1-3-7-15/h1-3,6-7H,4-5,8-14,17H2. The molecular formula is C16H25N3O. The van der Waals surface area contributed by atoms with E-state index in [2.05, 4.69) is 29.2 Å². The van der Waals surface area contributed by atoms with Crippen LogP contribution in [0.5, 0.6) is 0 Å². The first-order valence-corrected chi connectivity index (χ1v) is 7.53. The number of hydrogen-bond donors (Lipinski definition) is 1. The zero-order chi connectivity index (χ0) is 14.2. The van der Waals surface area contributed by atoms with E-state index >= 15 is 0 Å². The summed E-state index contributed by atoms with van der Waals surface area (Å²) in [5.74, 6) is 0.265. The predicted molar refractivity (Wildman–Crippen MR) is 81.5 cm³/mol. The van der Waals surface area contributed by atoms with Gasteiger partial charge in [0.25, 0.3) is 0 Å². The highest BCUT2D eigenvalue weighted by Gasteiger charge is 2.22. The molecule has 1 saturated heterocycles. The summed E-state index contributed by atoms with van der Waals surface area (Å²) in [5.41, 5.74) is 6.86. The van der Waals surface area contributed by atoms with E-state index in [1.807, 2.05) is 11.0 Å². The van der Waals surface area contributed by atoms with Crippen LogP contribution < -0.4 is 5.73 Å². The van der Waals surface area contributed by atoms with E-state index in [9.17, 15) is 4.79 Å². The van der Waals surface area contributed by atoms with Gasteiger partial charge in [-0.2, -0.15) is 0 Å². The van der Waals surface area contributed by atoms with Crippen LogP contribution >= 0.6 is 0 Å². The Hall–Kier alpha value is -1.39. The van der Waals surface area contributed by atoms with Gasteiger partial charge in [0.05, 0.1) is 6.54 Å². The largest absolute Gasteiger partial charge is 0.340 e. The van der Waals surface area contributed by atoms with Crippen molar-refractivity contribution in [1.82, 2.24) is 9.80 Å². The number of aryl methyl sites for hydroxylation is 1. The molecule has 0 radical (unpaired) electrons. The van der Waals surface area contributed by atoms with Crippen LogP contribution in [0.2, 0.25) is 0 Å². The second-order valence-electron chi connectivity index (χ2n) is 5.39. The average Bonchev–Trinajstić information content (AvgIpc) is 2.48. The quantitative estimate of drug-likeness (QED) is 0.811. The van der Waals surface area contributed by atoms with Crippen LogP contribution in [0.3, 0.4) is 0 Å². The topological polar surface area (TPSA) is 49.6 Å². The van der Waals surface area contributed by atoms with Gasteiger partial charge in [-0.3, -0.25) is 9.69 Å². The van der Waals surface area contributed by atoms with Crippen molar-refractivity contribution in [3.63, 3.8) is 0 Å². The molecule has 0 spiro atoms. The summed E-state index contributed by atoms with van der Waals surface area (Å²) in [6.07, 6.45) is 3.06. The van der Waals surface area contributed by atoms with Gasteiger partial charge in [0, 0.05) is 19.6 Å². The van der Waals surface area contributed by atoms with E-state index in [0.29, 0.717) is 13.1 Å². The van der Waals surface area contributed by atoms with Gasteiger partial charge >= 0.3 is 0 Å². The number of hydrogen-bond acceptors (Lipinski definition) is 3. The Balaban J connectivity index is 1.68. The van der Waals surface area contributed by atoms with E-state index in [4.69, 9.17) is 5.73 Å². The van der Waals surface area contributed by atoms with Crippen LogP contribution in [0.4, 0.5) is 0 Å². The molecule has 1 aromatic carbocycles. The summed E-state index contributed by atoms with van der Waals surface area (Å²) in [5, 5.41) is 0. The molecule has 1 aliphatic rings. The van der Waals surface area contributed by atoms with E-state index < -0.39 is 0 Å². The zero-order valence-corrected chi connectivity index (χ0v) is 12.1. The third-order valence-corrected chi connectivity index (χ3v) is 3.81. The summed E-state index contributed by atoms with van der Waals surface area (Å²) in [6, 6.07) is 10.5. The molecule has 2 rings (SSSR count). The normalized spacial score (nSPS) is 16.6. The average molecular weight is 275 g/mol. The lowest BCUT2D eigenvalue weighted by Crippen LogP contribution is -2.50. The third-order valence-electron chi connectivity index (χ3n) is 3.81. The number of amides is 1. The second kappa shape index (κ2) is 8.02. The van der Waals surface area contributed by atoms with Crippen LogP contribution in [-0.4, -0.2) is 55.0 Å². The van der Waals surface area contributed by atoms with Gasteiger partial charge in [-0.1, -0.05) is 30.3 Å². The van der Waals surface area contributed by atoms with Crippen LogP contribution in [0.25, 0.3) is 0 Å². The van der Waals surface area contributed by atoms with Crippen molar-refractivity contribution in [2.24, 2.45) is 5.73 Å². The highest BCUT2D eigenvalue weighted by Crippen LogP contribution is 2.07. The van der Waals surface area contributed by atoms with Crippen LogP contribution in [0, 0.1) is 0 Å². The van der Waals surface area contributed by atoms with Gasteiger partial charge in [0.1, 0.15) is 0 Å². The Bertz CT molecular complexity index is 407. The molecule has 1 aliphatic heterocycles. The highest BCUT2D eigenvalue weighted by molar-refractivity contribution is 5.79. The third kappa shape index (κ3) is 4.62. The summed E-state index contributed by atoms with van der Waals surface area (Å²) >= 11 is 0. The lowest BCUT2D eigenvalue weighted by Gasteiger charge is -2.34. The van der Waals surface area contributed by atoms with Crippen LogP contribution in [-0.2, 0) is 11.2 Å². The number of nitrogens with zero attached hydrogens (tertiary/aromatic N) is 2. The van der Waals surface area contributed by atoms with Gasteiger partial charge in [-0.25, -0.2) is 0 Å². The van der Waals surface area contributed by atoms with Gasteiger partial charge < -0.3 is 10.6 Å². The summed E-state index contributed by atoms with van der Waals surface area (Å²) in [7, 11) is 0. The Labute approximate surface area is 121 Å². The molecule has 0 bridgehead atoms. The molecule has 0 saturated carbocycles. The number of carbonyl (C=O) groups is 1. The minimum absolute atomic E-state index is 0.265. The number of rotatable bonds is 7. The zero-order valence-electron chi connectivity index (χ0n) is 12.1. The van der Waals surface area contributed by atoms with E-state index in [0.717, 1.165) is 45.4 Å². The van der Waals surface area contributed by atoms with Crippen molar-refractivity contribution in [3.8, 4) is 0 Å². The maximum Gasteiger partial charge on any atom is 0.236 e. The Morgan fingerprint density at radius 1 is 1.05 bits per heavy atom. The maximum atomic E-state index is 12.1. The van der Waals surface area contributed by atoms with Crippen molar-refractivity contribution >= 4 is 5.91 Å². The molecule has 0 atom stereocenters. The first-order chi connectivity index (χ1) is 9.79. The van der Waals surface area contributed by atoms with Gasteiger partial charge in [-0.05, 0) is 37.9 Å². The maximum absolute atomic E-state index is 12.1. The first-order valence-electron chi connectivity index (χ1n) is 7.53. The number of nitrogens with two attached hydrogens (primary N) is 1. The van der Waals surface area contributed by atoms with Crippen molar-refractivity contribution in [3.05, 3.63) is 35.9 Å². The fourth-order valence-electron chi connectivity index (χ4n) is 2.62. The Kier molecular flexibility index (Phi) is 6.02. The second-order valence-corrected chi connectivity index (χ2v) is 5.39. The fraction of sp³-hybridized carbons (Fsp3) is 0.562. The van der Waals surface area contributed by atoms with Crippen molar-refractivity contribution in [1.29, 1.82) is 0 Å². The smallest absolute Gasteiger partial charge is 0.236 e. The lowest BCUT2D eigenvalue weighted by atomic mass is 10.1. The van der Waals surface area contributed by atoms with E-state index in [1.54, 1.807) is 0 Å². The van der Waals surface area contributed by atoms with Crippen molar-refractivity contribution in [2.45, 2.75) is 19.3 Å². The van der Waals surface area contributed by atoms with Gasteiger partial charge in [-0.15, -0.1) is 0 Å². The SMILES string of the molecule is NCCCN1CCN(CCCc2ccccc2)C(=O)C1. The summed E-state index contributed by atoms with van der Waals surface area (Å²) in [6.45, 7) is 4.92. The molecule has 4 nitrogen and oxygen atoms in total. The lowest BCUT2D eigenvalue weighted by molar-refractivity contribution is -0.136. The summed E-state index contributed by atoms with van der Waals surface area (Å²) in [4.78, 5) is 16.3. The van der Waals surface area contributed by atoms with Crippen molar-refractivity contribution in [2.75, 3.05) is 39.3 Å². The van der Waals surface area contributed by atoms with E-state index in [-0.39, 0.29) is 5.91 Å². The number of piperazine rings is 1. The Morgan fingerprint density at radius 3 is 2.55 bits per heavy atom. The summed E-state index contributed by atoms with van der Waals surface area (Å²) < 4.78 is 0. The molecule has 20 heavy (non-hydrogen) atoms. The molecule has 4 heteroatoms. The molecule has 1 heterocycles. The molecule has 110 valence electrons. The van der Waals surface area contributed by atoms with Gasteiger partial charge in [0.15, 0.2) is 0 Å². The number of carbonyl (C=O) groups excluding carboxylic acids is 1. The minimum Gasteiger partial charge on any atom is -0.340 e. The highest BCUT2D eigenvalue weighted by atomic mass is 16.2. The predicted octanol–water partition coefficient (Wildman–Crippen LogP) is 1.11. The molecule has 1 fully saturated rings. The van der Waals surface area contributed by atoms with Crippen molar-refractivity contribution < 1.29 is 4.79 Å². The molecule has 0 unspecified atom stereocenters. The molecule has 0 aromatic heterocycles. The van der Waals surface area contributed by atoms with Gasteiger partial charge in [0.2, 0.25) is 5.91 Å². The monoisotopic (exact) mass is 275 g/mol. The van der Waals surface area contributed by atoms with Crippen LogP contribution in [0.1, 0.15) is 18.4 Å². The molecule has 1 aromatic rings. The minimum atomic E-state index is 0.265. The van der Waals surface area contributed by atoms with Crippen LogP contribution in [0.15, 0.2) is 30.3 Å².